The molecule has 152 valence electrons. The average molecular weight is 424 g/mol. The van der Waals surface area contributed by atoms with Gasteiger partial charge in [-0.05, 0) is 37.1 Å². The standard InChI is InChI=1S/C17H14F2N4O5S/c18-16(19)29(27,28)13-5-1-11(2-6-13)21-14(24)9-23-15(25)10(7-20)8-22(17(23)26)12-3-4-12/h1-2,5-6,8,12,16H,3-4,9H2,(H,21,24). The lowest BCUT2D eigenvalue weighted by Crippen LogP contribution is -2.43. The average Bonchev–Trinajstić information content (AvgIpc) is 3.51. The first-order chi connectivity index (χ1) is 13.6. The third kappa shape index (κ3) is 4.09. The summed E-state index contributed by atoms with van der Waals surface area (Å²) in [6, 6.07) is 5.59. The molecule has 1 aromatic carbocycles. The smallest absolute Gasteiger partial charge is 0.325 e. The monoisotopic (exact) mass is 424 g/mol. The van der Waals surface area contributed by atoms with Crippen molar-refractivity contribution < 1.29 is 22.0 Å². The molecule has 1 aliphatic rings. The number of benzene rings is 1. The van der Waals surface area contributed by atoms with Gasteiger partial charge in [0.05, 0.1) is 4.90 Å². The molecule has 0 atom stereocenters. The maximum absolute atomic E-state index is 12.5. The molecular formula is C17H14F2N4O5S. The van der Waals surface area contributed by atoms with Crippen molar-refractivity contribution in [3.8, 4) is 6.07 Å². The van der Waals surface area contributed by atoms with Crippen molar-refractivity contribution in [2.75, 3.05) is 5.32 Å². The summed E-state index contributed by atoms with van der Waals surface area (Å²) in [5.41, 5.74) is -1.81. The second kappa shape index (κ2) is 7.59. The first-order valence-electron chi connectivity index (χ1n) is 8.33. The molecule has 1 heterocycles. The molecule has 0 saturated heterocycles. The predicted molar refractivity (Wildman–Crippen MR) is 96.2 cm³/mol. The number of anilines is 1. The highest BCUT2D eigenvalue weighted by molar-refractivity contribution is 7.91. The number of sulfone groups is 1. The highest BCUT2D eigenvalue weighted by atomic mass is 32.2. The normalized spacial score (nSPS) is 13.9. The summed E-state index contributed by atoms with van der Waals surface area (Å²) in [6.07, 6.45) is 2.63. The molecule has 1 amide bonds. The number of nitrogens with one attached hydrogen (secondary N) is 1. The quantitative estimate of drug-likeness (QED) is 0.732. The molecule has 29 heavy (non-hydrogen) atoms. The van der Waals surface area contributed by atoms with Crippen molar-refractivity contribution >= 4 is 21.4 Å². The molecule has 0 unspecified atom stereocenters. The Bertz CT molecular complexity index is 1220. The fourth-order valence-corrected chi connectivity index (χ4v) is 3.35. The summed E-state index contributed by atoms with van der Waals surface area (Å²) in [7, 11) is -4.76. The number of nitriles is 1. The zero-order valence-electron chi connectivity index (χ0n) is 14.7. The third-order valence-electron chi connectivity index (χ3n) is 4.26. The van der Waals surface area contributed by atoms with Crippen LogP contribution in [0.1, 0.15) is 24.4 Å². The molecule has 9 nitrogen and oxygen atoms in total. The Morgan fingerprint density at radius 2 is 1.86 bits per heavy atom. The Labute approximate surface area is 162 Å². The predicted octanol–water partition coefficient (Wildman–Crippen LogP) is 0.852. The van der Waals surface area contributed by atoms with Crippen molar-refractivity contribution in [1.29, 1.82) is 5.26 Å². The topological polar surface area (TPSA) is 131 Å². The SMILES string of the molecule is N#Cc1cn(C2CC2)c(=O)n(CC(=O)Nc2ccc(S(=O)(=O)C(F)F)cc2)c1=O. The first kappa shape index (κ1) is 20.4. The molecule has 3 rings (SSSR count). The Morgan fingerprint density at radius 3 is 2.38 bits per heavy atom. The minimum atomic E-state index is -4.76. The van der Waals surface area contributed by atoms with Gasteiger partial charge in [0.15, 0.2) is 0 Å². The summed E-state index contributed by atoms with van der Waals surface area (Å²) in [5, 5.41) is 11.4. The maximum Gasteiger partial charge on any atom is 0.341 e. The van der Waals surface area contributed by atoms with Gasteiger partial charge in [-0.1, -0.05) is 0 Å². The minimum Gasteiger partial charge on any atom is -0.325 e. The van der Waals surface area contributed by atoms with E-state index in [1.54, 1.807) is 6.07 Å². The number of carbonyl (C=O) groups is 1. The number of hydrogen-bond donors (Lipinski definition) is 1. The van der Waals surface area contributed by atoms with Crippen LogP contribution in [0, 0.1) is 11.3 Å². The van der Waals surface area contributed by atoms with Gasteiger partial charge in [0.1, 0.15) is 18.2 Å². The van der Waals surface area contributed by atoms with Crippen LogP contribution in [0.2, 0.25) is 0 Å². The van der Waals surface area contributed by atoms with Gasteiger partial charge in [0.2, 0.25) is 15.7 Å². The van der Waals surface area contributed by atoms with E-state index < -0.39 is 44.2 Å². The van der Waals surface area contributed by atoms with E-state index >= 15 is 0 Å². The lowest BCUT2D eigenvalue weighted by Gasteiger charge is -2.11. The lowest BCUT2D eigenvalue weighted by molar-refractivity contribution is -0.116. The van der Waals surface area contributed by atoms with Crippen molar-refractivity contribution in [3.05, 3.63) is 56.9 Å². The molecule has 1 fully saturated rings. The van der Waals surface area contributed by atoms with E-state index in [1.165, 1.54) is 10.8 Å². The fourth-order valence-electron chi connectivity index (χ4n) is 2.63. The highest BCUT2D eigenvalue weighted by Gasteiger charge is 2.28. The molecular weight excluding hydrogens is 410 g/mol. The summed E-state index contributed by atoms with van der Waals surface area (Å²) in [4.78, 5) is 36.3. The number of aromatic nitrogens is 2. The lowest BCUT2D eigenvalue weighted by atomic mass is 10.3. The van der Waals surface area contributed by atoms with Crippen LogP contribution in [0.4, 0.5) is 14.5 Å². The van der Waals surface area contributed by atoms with E-state index in [9.17, 15) is 31.6 Å². The second-order valence-electron chi connectivity index (χ2n) is 6.35. The number of halogens is 2. The number of alkyl halides is 2. The largest absolute Gasteiger partial charge is 0.341 e. The zero-order chi connectivity index (χ0) is 21.3. The molecule has 1 aliphatic carbocycles. The fraction of sp³-hybridized carbons (Fsp3) is 0.294. The molecule has 0 bridgehead atoms. The van der Waals surface area contributed by atoms with Gasteiger partial charge in [-0.3, -0.25) is 14.2 Å². The van der Waals surface area contributed by atoms with Crippen LogP contribution in [0.5, 0.6) is 0 Å². The van der Waals surface area contributed by atoms with Gasteiger partial charge in [0.25, 0.3) is 5.56 Å². The van der Waals surface area contributed by atoms with Crippen LogP contribution < -0.4 is 16.6 Å². The molecule has 1 saturated carbocycles. The van der Waals surface area contributed by atoms with Crippen LogP contribution in [-0.2, 0) is 21.2 Å². The molecule has 0 radical (unpaired) electrons. The van der Waals surface area contributed by atoms with Gasteiger partial charge in [-0.15, -0.1) is 0 Å². The van der Waals surface area contributed by atoms with Gasteiger partial charge in [-0.2, -0.15) is 14.0 Å². The number of amides is 1. The van der Waals surface area contributed by atoms with Crippen molar-refractivity contribution in [2.24, 2.45) is 0 Å². The Hall–Kier alpha value is -3.33. The summed E-state index contributed by atoms with van der Waals surface area (Å²) in [6.45, 7) is -0.670. The molecule has 1 aromatic heterocycles. The van der Waals surface area contributed by atoms with E-state index in [4.69, 9.17) is 5.26 Å². The van der Waals surface area contributed by atoms with Gasteiger partial charge in [-0.25, -0.2) is 17.8 Å². The first-order valence-corrected chi connectivity index (χ1v) is 9.88. The molecule has 0 spiro atoms. The van der Waals surface area contributed by atoms with E-state index in [2.05, 4.69) is 5.32 Å². The highest BCUT2D eigenvalue weighted by Crippen LogP contribution is 2.33. The van der Waals surface area contributed by atoms with Crippen LogP contribution >= 0.6 is 0 Å². The molecule has 12 heteroatoms. The van der Waals surface area contributed by atoms with Gasteiger partial charge >= 0.3 is 11.4 Å². The van der Waals surface area contributed by atoms with E-state index in [1.807, 2.05) is 0 Å². The van der Waals surface area contributed by atoms with E-state index in [0.29, 0.717) is 4.57 Å². The van der Waals surface area contributed by atoms with Crippen LogP contribution in [0.15, 0.2) is 44.9 Å². The van der Waals surface area contributed by atoms with Gasteiger partial charge in [0, 0.05) is 17.9 Å². The van der Waals surface area contributed by atoms with Crippen LogP contribution in [-0.4, -0.2) is 29.2 Å². The number of nitrogens with zero attached hydrogens (tertiary/aromatic N) is 3. The Kier molecular flexibility index (Phi) is 5.34. The summed E-state index contributed by atoms with van der Waals surface area (Å²) in [5.74, 6) is -4.36. The van der Waals surface area contributed by atoms with E-state index in [-0.39, 0.29) is 17.3 Å². The summed E-state index contributed by atoms with van der Waals surface area (Å²) >= 11 is 0. The third-order valence-corrected chi connectivity index (χ3v) is 5.66. The number of carbonyl (C=O) groups excluding carboxylic acids is 1. The van der Waals surface area contributed by atoms with Crippen molar-refractivity contribution in [3.63, 3.8) is 0 Å². The van der Waals surface area contributed by atoms with E-state index in [0.717, 1.165) is 37.1 Å². The molecule has 1 N–H and O–H groups in total. The number of hydrogen-bond acceptors (Lipinski definition) is 6. The zero-order valence-corrected chi connectivity index (χ0v) is 15.5. The second-order valence-corrected chi connectivity index (χ2v) is 8.26. The van der Waals surface area contributed by atoms with Gasteiger partial charge < -0.3 is 5.32 Å². The number of rotatable bonds is 6. The Morgan fingerprint density at radius 1 is 1.24 bits per heavy atom. The van der Waals surface area contributed by atoms with Crippen LogP contribution in [0.25, 0.3) is 0 Å². The summed E-state index contributed by atoms with van der Waals surface area (Å²) < 4.78 is 49.8. The minimum absolute atomic E-state index is 0.0789. The maximum atomic E-state index is 12.5. The van der Waals surface area contributed by atoms with Crippen molar-refractivity contribution in [2.45, 2.75) is 36.1 Å². The molecule has 2 aromatic rings. The molecule has 0 aliphatic heterocycles. The van der Waals surface area contributed by atoms with Crippen molar-refractivity contribution in [1.82, 2.24) is 9.13 Å². The Balaban J connectivity index is 1.82. The van der Waals surface area contributed by atoms with Crippen LogP contribution in [0.3, 0.4) is 0 Å².